The monoisotopic (exact) mass is 332 g/mol. The van der Waals surface area contributed by atoms with Crippen molar-refractivity contribution in [1.82, 2.24) is 5.32 Å². The fourth-order valence-electron chi connectivity index (χ4n) is 1.78. The van der Waals surface area contributed by atoms with Gasteiger partial charge in [0, 0.05) is 17.2 Å². The van der Waals surface area contributed by atoms with Crippen molar-refractivity contribution in [3.63, 3.8) is 0 Å². The van der Waals surface area contributed by atoms with Gasteiger partial charge in [-0.1, -0.05) is 26.0 Å². The summed E-state index contributed by atoms with van der Waals surface area (Å²) in [5, 5.41) is 14.6. The van der Waals surface area contributed by atoms with Crippen LogP contribution in [0.1, 0.15) is 24.4 Å². The number of carbonyl (C=O) groups is 2. The molecule has 0 aliphatic carbocycles. The van der Waals surface area contributed by atoms with Gasteiger partial charge in [0.2, 0.25) is 11.7 Å². The van der Waals surface area contributed by atoms with Crippen molar-refractivity contribution in [2.24, 2.45) is 5.92 Å². The number of carbonyl (C=O) groups excluding carboxylic acids is 1. The highest BCUT2D eigenvalue weighted by molar-refractivity contribution is 7.80. The van der Waals surface area contributed by atoms with E-state index in [1.165, 1.54) is 6.07 Å². The number of carboxylic acid groups (broad SMARTS) is 1. The van der Waals surface area contributed by atoms with Crippen LogP contribution >= 0.6 is 12.2 Å². The number of thiocarbonyl (C=S) groups is 1. The number of anilines is 1. The first-order chi connectivity index (χ1) is 10.9. The predicted octanol–water partition coefficient (Wildman–Crippen LogP) is 3.11. The topological polar surface area (TPSA) is 91.6 Å². The van der Waals surface area contributed by atoms with Crippen molar-refractivity contribution < 1.29 is 19.1 Å². The van der Waals surface area contributed by atoms with Gasteiger partial charge < -0.3 is 20.2 Å². The van der Waals surface area contributed by atoms with E-state index in [2.05, 4.69) is 10.6 Å². The van der Waals surface area contributed by atoms with Gasteiger partial charge >= 0.3 is 5.97 Å². The third-order valence-corrected chi connectivity index (χ3v) is 3.19. The van der Waals surface area contributed by atoms with Crippen LogP contribution in [0.2, 0.25) is 0 Å². The number of carboxylic acids is 1. The maximum atomic E-state index is 11.6. The number of hydrogen-bond acceptors (Lipinski definition) is 4. The Balaban J connectivity index is 2.11. The summed E-state index contributed by atoms with van der Waals surface area (Å²) in [4.78, 5) is 22.4. The molecule has 0 fully saturated rings. The molecule has 0 saturated carbocycles. The first kappa shape index (κ1) is 16.7. The molecule has 0 bridgehead atoms. The molecule has 1 aromatic carbocycles. The number of amides is 1. The van der Waals surface area contributed by atoms with Gasteiger partial charge in [-0.05, 0) is 36.5 Å². The standard InChI is InChI=1S/C16H16N2O4S/c1-9(2)14(19)18-16(23)17-11-5-3-4-10(8-11)12-6-7-13(22-12)15(20)21/h3-9H,1-2H3,(H,20,21)(H2,17,18,19,23). The molecule has 0 saturated heterocycles. The highest BCUT2D eigenvalue weighted by atomic mass is 32.1. The Morgan fingerprint density at radius 3 is 2.57 bits per heavy atom. The highest BCUT2D eigenvalue weighted by Crippen LogP contribution is 2.24. The van der Waals surface area contributed by atoms with Crippen LogP contribution in [-0.2, 0) is 4.79 Å². The zero-order chi connectivity index (χ0) is 17.0. The van der Waals surface area contributed by atoms with Gasteiger partial charge in [0.15, 0.2) is 5.11 Å². The van der Waals surface area contributed by atoms with E-state index >= 15 is 0 Å². The summed E-state index contributed by atoms with van der Waals surface area (Å²) < 4.78 is 5.26. The molecule has 7 heteroatoms. The van der Waals surface area contributed by atoms with Crippen LogP contribution in [0.15, 0.2) is 40.8 Å². The molecule has 3 N–H and O–H groups in total. The van der Waals surface area contributed by atoms with Crippen LogP contribution in [0.5, 0.6) is 0 Å². The minimum Gasteiger partial charge on any atom is -0.475 e. The summed E-state index contributed by atoms with van der Waals surface area (Å²) in [5.41, 5.74) is 1.35. The Morgan fingerprint density at radius 1 is 1.22 bits per heavy atom. The van der Waals surface area contributed by atoms with Gasteiger partial charge in [-0.15, -0.1) is 0 Å². The van der Waals surface area contributed by atoms with Gasteiger partial charge in [0.25, 0.3) is 0 Å². The fraction of sp³-hybridized carbons (Fsp3) is 0.188. The molecule has 23 heavy (non-hydrogen) atoms. The summed E-state index contributed by atoms with van der Waals surface area (Å²) in [7, 11) is 0. The van der Waals surface area contributed by atoms with E-state index < -0.39 is 5.97 Å². The number of aromatic carboxylic acids is 1. The zero-order valence-corrected chi connectivity index (χ0v) is 13.4. The molecule has 2 rings (SSSR count). The number of nitrogens with one attached hydrogen (secondary N) is 2. The van der Waals surface area contributed by atoms with Gasteiger partial charge in [-0.25, -0.2) is 4.79 Å². The number of benzene rings is 1. The first-order valence-corrected chi connectivity index (χ1v) is 7.33. The second-order valence-corrected chi connectivity index (χ2v) is 5.56. The van der Waals surface area contributed by atoms with Crippen molar-refractivity contribution in [2.75, 3.05) is 5.32 Å². The summed E-state index contributed by atoms with van der Waals surface area (Å²) >= 11 is 5.09. The maximum absolute atomic E-state index is 11.6. The largest absolute Gasteiger partial charge is 0.475 e. The first-order valence-electron chi connectivity index (χ1n) is 6.92. The second-order valence-electron chi connectivity index (χ2n) is 5.15. The maximum Gasteiger partial charge on any atom is 0.371 e. The van der Waals surface area contributed by atoms with Crippen molar-refractivity contribution in [1.29, 1.82) is 0 Å². The molecule has 0 radical (unpaired) electrons. The number of furan rings is 1. The minimum atomic E-state index is -1.12. The number of rotatable bonds is 4. The van der Waals surface area contributed by atoms with E-state index in [0.717, 1.165) is 0 Å². The van der Waals surface area contributed by atoms with Crippen molar-refractivity contribution in [3.8, 4) is 11.3 Å². The fourth-order valence-corrected chi connectivity index (χ4v) is 2.00. The Morgan fingerprint density at radius 2 is 1.96 bits per heavy atom. The Hall–Kier alpha value is -2.67. The zero-order valence-electron chi connectivity index (χ0n) is 12.6. The van der Waals surface area contributed by atoms with Crippen LogP contribution in [-0.4, -0.2) is 22.1 Å². The molecular formula is C16H16N2O4S. The van der Waals surface area contributed by atoms with Gasteiger partial charge in [-0.3, -0.25) is 4.79 Å². The average molecular weight is 332 g/mol. The molecule has 120 valence electrons. The average Bonchev–Trinajstić information content (AvgIpc) is 2.97. The second kappa shape index (κ2) is 7.06. The van der Waals surface area contributed by atoms with E-state index in [4.69, 9.17) is 21.7 Å². The lowest BCUT2D eigenvalue weighted by Gasteiger charge is -2.11. The molecule has 1 aromatic heterocycles. The van der Waals surface area contributed by atoms with Gasteiger partial charge in [0.05, 0.1) is 0 Å². The lowest BCUT2D eigenvalue weighted by Crippen LogP contribution is -2.36. The SMILES string of the molecule is CC(C)C(=O)NC(=S)Nc1cccc(-c2ccc(C(=O)O)o2)c1. The van der Waals surface area contributed by atoms with E-state index in [0.29, 0.717) is 17.0 Å². The molecule has 0 aliphatic rings. The highest BCUT2D eigenvalue weighted by Gasteiger charge is 2.12. The van der Waals surface area contributed by atoms with Crippen LogP contribution in [0.25, 0.3) is 11.3 Å². The van der Waals surface area contributed by atoms with Gasteiger partial charge in [0.1, 0.15) is 5.76 Å². The van der Waals surface area contributed by atoms with Crippen LogP contribution in [0.3, 0.4) is 0 Å². The normalized spacial score (nSPS) is 10.4. The quantitative estimate of drug-likeness (QED) is 0.745. The lowest BCUT2D eigenvalue weighted by molar-refractivity contribution is -0.122. The van der Waals surface area contributed by atoms with Crippen molar-refractivity contribution in [3.05, 3.63) is 42.2 Å². The van der Waals surface area contributed by atoms with E-state index in [1.807, 2.05) is 0 Å². The van der Waals surface area contributed by atoms with Crippen molar-refractivity contribution >= 4 is 34.9 Å². The summed E-state index contributed by atoms with van der Waals surface area (Å²) in [6.45, 7) is 3.55. The third-order valence-electron chi connectivity index (χ3n) is 2.98. The predicted molar refractivity (Wildman–Crippen MR) is 90.3 cm³/mol. The van der Waals surface area contributed by atoms with E-state index in [-0.39, 0.29) is 22.7 Å². The van der Waals surface area contributed by atoms with Crippen molar-refractivity contribution in [2.45, 2.75) is 13.8 Å². The molecule has 1 amide bonds. The van der Waals surface area contributed by atoms with Crippen LogP contribution < -0.4 is 10.6 Å². The molecule has 6 nitrogen and oxygen atoms in total. The minimum absolute atomic E-state index is 0.127. The lowest BCUT2D eigenvalue weighted by atomic mass is 10.1. The Bertz CT molecular complexity index is 752. The molecule has 1 heterocycles. The summed E-state index contributed by atoms with van der Waals surface area (Å²) in [6.07, 6.45) is 0. The van der Waals surface area contributed by atoms with Gasteiger partial charge in [-0.2, -0.15) is 0 Å². The molecule has 0 unspecified atom stereocenters. The Kier molecular flexibility index (Phi) is 5.13. The van der Waals surface area contributed by atoms with E-state index in [9.17, 15) is 9.59 Å². The van der Waals surface area contributed by atoms with Crippen LogP contribution in [0.4, 0.5) is 5.69 Å². The Labute approximate surface area is 138 Å². The summed E-state index contributed by atoms with van der Waals surface area (Å²) in [6, 6.07) is 10.1. The summed E-state index contributed by atoms with van der Waals surface area (Å²) in [5.74, 6) is -1.15. The smallest absolute Gasteiger partial charge is 0.371 e. The number of hydrogen-bond donors (Lipinski definition) is 3. The molecule has 0 spiro atoms. The molecular weight excluding hydrogens is 316 g/mol. The van der Waals surface area contributed by atoms with Crippen LogP contribution in [0, 0.1) is 5.92 Å². The molecule has 0 aliphatic heterocycles. The molecule has 0 atom stereocenters. The molecule has 2 aromatic rings. The van der Waals surface area contributed by atoms with E-state index in [1.54, 1.807) is 44.2 Å². The third kappa shape index (κ3) is 4.40.